The van der Waals surface area contributed by atoms with Crippen LogP contribution in [0.3, 0.4) is 0 Å². The number of phenols is 1. The molecule has 0 saturated carbocycles. The Bertz CT molecular complexity index is 695. The van der Waals surface area contributed by atoms with E-state index in [1.165, 1.54) is 0 Å². The molecule has 2 heterocycles. The van der Waals surface area contributed by atoms with Gasteiger partial charge in [0.05, 0.1) is 5.69 Å². The molecule has 122 valence electrons. The van der Waals surface area contributed by atoms with Crippen LogP contribution in [0, 0.1) is 0 Å². The number of aromatic hydroxyl groups is 1. The molecule has 3 N–H and O–H groups in total. The average molecular weight is 315 g/mol. The number of anilines is 2. The number of piperazine rings is 1. The molecule has 0 radical (unpaired) electrons. The van der Waals surface area contributed by atoms with E-state index in [9.17, 15) is 9.90 Å². The predicted molar refractivity (Wildman–Crippen MR) is 90.1 cm³/mol. The molecule has 0 atom stereocenters. The molecule has 7 heteroatoms. The number of hydrogen-bond donors (Lipinski definition) is 3. The topological polar surface area (TPSA) is 84.5 Å². The van der Waals surface area contributed by atoms with Crippen molar-refractivity contribution in [1.82, 2.24) is 15.1 Å². The van der Waals surface area contributed by atoms with Crippen molar-refractivity contribution in [3.63, 3.8) is 0 Å². The van der Waals surface area contributed by atoms with Crippen molar-refractivity contribution in [2.45, 2.75) is 0 Å². The van der Waals surface area contributed by atoms with Gasteiger partial charge in [0.2, 0.25) is 0 Å². The monoisotopic (exact) mass is 315 g/mol. The van der Waals surface area contributed by atoms with Crippen molar-refractivity contribution in [2.75, 3.05) is 49.5 Å². The Hall–Kier alpha value is -2.54. The van der Waals surface area contributed by atoms with Crippen molar-refractivity contribution in [2.24, 2.45) is 0 Å². The molecule has 7 nitrogen and oxygen atoms in total. The van der Waals surface area contributed by atoms with Crippen LogP contribution in [-0.2, 0) is 0 Å². The van der Waals surface area contributed by atoms with Crippen molar-refractivity contribution in [1.29, 1.82) is 0 Å². The summed E-state index contributed by atoms with van der Waals surface area (Å²) in [7, 11) is 0. The lowest BCUT2D eigenvalue weighted by molar-refractivity contribution is 0.266. The van der Waals surface area contributed by atoms with Crippen LogP contribution in [0.2, 0.25) is 0 Å². The normalized spacial score (nSPS) is 15.6. The Kier molecular flexibility index (Phi) is 4.77. The number of hydrogen-bond acceptors (Lipinski definition) is 6. The van der Waals surface area contributed by atoms with Crippen LogP contribution in [-0.4, -0.2) is 59.5 Å². The van der Waals surface area contributed by atoms with E-state index in [-0.39, 0.29) is 5.56 Å². The van der Waals surface area contributed by atoms with E-state index < -0.39 is 0 Å². The molecule has 0 spiro atoms. The molecule has 0 bridgehead atoms. The summed E-state index contributed by atoms with van der Waals surface area (Å²) in [5.74, 6) is 0.333. The van der Waals surface area contributed by atoms with Gasteiger partial charge in [-0.3, -0.25) is 9.69 Å². The highest BCUT2D eigenvalue weighted by Crippen LogP contribution is 2.27. The van der Waals surface area contributed by atoms with Crippen LogP contribution in [0.5, 0.6) is 5.75 Å². The van der Waals surface area contributed by atoms with E-state index in [0.717, 1.165) is 38.4 Å². The summed E-state index contributed by atoms with van der Waals surface area (Å²) >= 11 is 0. The maximum absolute atomic E-state index is 11.5. The standard InChI is InChI=1S/C16H21N5O2/c22-15-4-2-1-3-14(15)21-11-9-20(10-12-21)8-7-17-13-5-6-18-19-16(13)23/h1-6,22H,7-12H2,(H,17,18)(H,19,23). The third-order valence-electron chi connectivity index (χ3n) is 4.06. The highest BCUT2D eigenvalue weighted by Gasteiger charge is 2.18. The van der Waals surface area contributed by atoms with Crippen LogP contribution < -0.4 is 15.8 Å². The second kappa shape index (κ2) is 7.15. The van der Waals surface area contributed by atoms with Crippen LogP contribution in [0.25, 0.3) is 0 Å². The quantitative estimate of drug-likeness (QED) is 0.753. The number of benzene rings is 1. The Morgan fingerprint density at radius 3 is 2.70 bits per heavy atom. The molecule has 1 aromatic heterocycles. The van der Waals surface area contributed by atoms with Gasteiger partial charge in [0, 0.05) is 45.5 Å². The van der Waals surface area contributed by atoms with Crippen LogP contribution in [0.4, 0.5) is 11.4 Å². The zero-order chi connectivity index (χ0) is 16.1. The van der Waals surface area contributed by atoms with Gasteiger partial charge in [0.25, 0.3) is 5.56 Å². The van der Waals surface area contributed by atoms with E-state index in [1.54, 1.807) is 18.3 Å². The molecular formula is C16H21N5O2. The lowest BCUT2D eigenvalue weighted by Gasteiger charge is -2.36. The Morgan fingerprint density at radius 2 is 1.96 bits per heavy atom. The summed E-state index contributed by atoms with van der Waals surface area (Å²) in [4.78, 5) is 16.1. The number of rotatable bonds is 5. The van der Waals surface area contributed by atoms with Gasteiger partial charge in [-0.15, -0.1) is 0 Å². The zero-order valence-electron chi connectivity index (χ0n) is 12.9. The first-order chi connectivity index (χ1) is 11.2. The smallest absolute Gasteiger partial charge is 0.287 e. The molecule has 3 rings (SSSR count). The summed E-state index contributed by atoms with van der Waals surface area (Å²) in [6.07, 6.45) is 1.56. The van der Waals surface area contributed by atoms with Gasteiger partial charge in [-0.1, -0.05) is 12.1 Å². The molecule has 2 aromatic rings. The molecule has 0 amide bonds. The summed E-state index contributed by atoms with van der Waals surface area (Å²) in [5.41, 5.74) is 1.25. The number of phenolic OH excluding ortho intramolecular Hbond substituents is 1. The lowest BCUT2D eigenvalue weighted by Crippen LogP contribution is -2.47. The fourth-order valence-corrected chi connectivity index (χ4v) is 2.78. The summed E-state index contributed by atoms with van der Waals surface area (Å²) in [6, 6.07) is 9.12. The predicted octanol–water partition coefficient (Wildman–Crippen LogP) is 0.710. The maximum atomic E-state index is 11.5. The van der Waals surface area contributed by atoms with Gasteiger partial charge in [0.1, 0.15) is 11.4 Å². The van der Waals surface area contributed by atoms with Gasteiger partial charge in [-0.25, -0.2) is 5.10 Å². The number of para-hydroxylation sites is 2. The van der Waals surface area contributed by atoms with Crippen LogP contribution in [0.15, 0.2) is 41.3 Å². The van der Waals surface area contributed by atoms with Gasteiger partial charge in [0.15, 0.2) is 0 Å². The molecule has 1 aromatic carbocycles. The van der Waals surface area contributed by atoms with E-state index in [1.807, 2.05) is 18.2 Å². The SMILES string of the molecule is O=c1[nH]nccc1NCCN1CCN(c2ccccc2O)CC1. The molecule has 1 aliphatic heterocycles. The number of aromatic amines is 1. The fraction of sp³-hybridized carbons (Fsp3) is 0.375. The highest BCUT2D eigenvalue weighted by atomic mass is 16.3. The summed E-state index contributed by atoms with van der Waals surface area (Å²) < 4.78 is 0. The van der Waals surface area contributed by atoms with E-state index in [0.29, 0.717) is 18.0 Å². The van der Waals surface area contributed by atoms with Crippen LogP contribution in [0.1, 0.15) is 0 Å². The van der Waals surface area contributed by atoms with Gasteiger partial charge in [-0.2, -0.15) is 5.10 Å². The minimum Gasteiger partial charge on any atom is -0.506 e. The number of nitrogens with zero attached hydrogens (tertiary/aromatic N) is 3. The summed E-state index contributed by atoms with van der Waals surface area (Å²) in [6.45, 7) is 5.21. The van der Waals surface area contributed by atoms with Crippen molar-refractivity contribution in [3.8, 4) is 5.75 Å². The second-order valence-corrected chi connectivity index (χ2v) is 5.54. The molecule has 0 unspecified atom stereocenters. The molecule has 1 saturated heterocycles. The Morgan fingerprint density at radius 1 is 1.17 bits per heavy atom. The van der Waals surface area contributed by atoms with Crippen molar-refractivity contribution < 1.29 is 5.11 Å². The molecular weight excluding hydrogens is 294 g/mol. The fourth-order valence-electron chi connectivity index (χ4n) is 2.78. The van der Waals surface area contributed by atoms with E-state index >= 15 is 0 Å². The molecule has 1 aliphatic rings. The van der Waals surface area contributed by atoms with Crippen LogP contribution >= 0.6 is 0 Å². The molecule has 0 aliphatic carbocycles. The maximum Gasteiger partial charge on any atom is 0.287 e. The minimum atomic E-state index is -0.197. The van der Waals surface area contributed by atoms with Gasteiger partial charge in [-0.05, 0) is 18.2 Å². The van der Waals surface area contributed by atoms with Gasteiger partial charge >= 0.3 is 0 Å². The van der Waals surface area contributed by atoms with E-state index in [4.69, 9.17) is 0 Å². The third kappa shape index (κ3) is 3.81. The third-order valence-corrected chi connectivity index (χ3v) is 4.06. The number of aromatic nitrogens is 2. The first-order valence-corrected chi connectivity index (χ1v) is 7.77. The minimum absolute atomic E-state index is 0.197. The number of H-pyrrole nitrogens is 1. The van der Waals surface area contributed by atoms with Crippen molar-refractivity contribution in [3.05, 3.63) is 46.9 Å². The lowest BCUT2D eigenvalue weighted by atomic mass is 10.2. The van der Waals surface area contributed by atoms with E-state index in [2.05, 4.69) is 25.3 Å². The molecule has 23 heavy (non-hydrogen) atoms. The zero-order valence-corrected chi connectivity index (χ0v) is 12.9. The molecule has 1 fully saturated rings. The largest absolute Gasteiger partial charge is 0.506 e. The second-order valence-electron chi connectivity index (χ2n) is 5.54. The first-order valence-electron chi connectivity index (χ1n) is 7.77. The van der Waals surface area contributed by atoms with Gasteiger partial charge < -0.3 is 15.3 Å². The Labute approximate surface area is 134 Å². The highest BCUT2D eigenvalue weighted by molar-refractivity contribution is 5.57. The first kappa shape index (κ1) is 15.4. The average Bonchev–Trinajstić information content (AvgIpc) is 2.58. The summed E-state index contributed by atoms with van der Waals surface area (Å²) in [5, 5.41) is 19.1. The number of nitrogens with one attached hydrogen (secondary N) is 2. The Balaban J connectivity index is 1.46. The van der Waals surface area contributed by atoms with Crippen molar-refractivity contribution >= 4 is 11.4 Å².